The molecular formula is C38H56B2N2O8. The molecule has 1 N–H and O–H groups in total. The van der Waals surface area contributed by atoms with Crippen LogP contribution in [0.4, 0.5) is 9.59 Å². The summed E-state index contributed by atoms with van der Waals surface area (Å²) in [7, 11) is -1.09. The Morgan fingerprint density at radius 1 is 0.760 bits per heavy atom. The fourth-order valence-electron chi connectivity index (χ4n) is 6.47. The average molecular weight is 690 g/mol. The highest BCUT2D eigenvalue weighted by molar-refractivity contribution is 6.62. The standard InChI is InChI=1S/C38H56B2N2O8/c1-33(2,3)45-31(43)41-23-25-14-17-28(18-15-25)39-49-37(11,12)38(13,50-39)22-30-21-26-16-19-29(40-47-35(7,8)36(9,10)48-40)20-27(26)24-42(30)32(44)46-34(4,5)6/h14-20,30H,21-24H2,1-13H3,(H,41,43). The molecular weight excluding hydrogens is 634 g/mol. The quantitative estimate of drug-likeness (QED) is 0.366. The largest absolute Gasteiger partial charge is 0.494 e. The van der Waals surface area contributed by atoms with Gasteiger partial charge in [-0.05, 0) is 130 Å². The molecule has 2 aromatic rings. The first kappa shape index (κ1) is 38.2. The molecule has 2 amide bonds. The minimum atomic E-state index is -0.736. The van der Waals surface area contributed by atoms with Crippen molar-refractivity contribution >= 4 is 37.3 Å². The van der Waals surface area contributed by atoms with Crippen molar-refractivity contribution in [3.05, 3.63) is 59.2 Å². The third-order valence-electron chi connectivity index (χ3n) is 10.4. The summed E-state index contributed by atoms with van der Waals surface area (Å²) in [6.07, 6.45) is 0.350. The monoisotopic (exact) mass is 690 g/mol. The number of benzene rings is 2. The SMILES string of the molecule is CC(C)(C)OC(=O)NCc1ccc(B2OC(C)(C)C(C)(CC3Cc4ccc(B5OC(C)(C)C(C)(C)O5)cc4CN3C(=O)OC(C)(C)C)O2)cc1. The van der Waals surface area contributed by atoms with Crippen LogP contribution in [0.2, 0.25) is 0 Å². The number of alkyl carbamates (subject to hydrolysis) is 1. The number of nitrogens with one attached hydrogen (secondary N) is 1. The van der Waals surface area contributed by atoms with Gasteiger partial charge in [-0.25, -0.2) is 9.59 Å². The highest BCUT2D eigenvalue weighted by Gasteiger charge is 2.56. The van der Waals surface area contributed by atoms with Crippen molar-refractivity contribution in [3.8, 4) is 0 Å². The Balaban J connectivity index is 1.33. The molecule has 272 valence electrons. The molecule has 2 saturated heterocycles. The van der Waals surface area contributed by atoms with Crippen LogP contribution in [-0.2, 0) is 47.6 Å². The zero-order valence-electron chi connectivity index (χ0n) is 32.3. The first-order chi connectivity index (χ1) is 22.9. The molecule has 2 fully saturated rings. The number of amides is 2. The number of hydrogen-bond donors (Lipinski definition) is 1. The lowest BCUT2D eigenvalue weighted by atomic mass is 9.75. The van der Waals surface area contributed by atoms with E-state index in [1.54, 1.807) is 0 Å². The van der Waals surface area contributed by atoms with Gasteiger partial charge in [-0.15, -0.1) is 0 Å². The molecule has 0 radical (unpaired) electrons. The lowest BCUT2D eigenvalue weighted by Crippen LogP contribution is -2.54. The molecule has 0 spiro atoms. The van der Waals surface area contributed by atoms with Crippen LogP contribution >= 0.6 is 0 Å². The van der Waals surface area contributed by atoms with Crippen LogP contribution in [0.3, 0.4) is 0 Å². The number of fused-ring (bicyclic) bond motifs is 1. The molecule has 0 bridgehead atoms. The van der Waals surface area contributed by atoms with Gasteiger partial charge in [0.2, 0.25) is 0 Å². The predicted octanol–water partition coefficient (Wildman–Crippen LogP) is 6.04. The summed E-state index contributed by atoms with van der Waals surface area (Å²) in [6, 6.07) is 13.9. The van der Waals surface area contributed by atoms with E-state index in [4.69, 9.17) is 28.1 Å². The molecule has 0 saturated carbocycles. The Kier molecular flexibility index (Phi) is 10.1. The number of ether oxygens (including phenoxy) is 2. The van der Waals surface area contributed by atoms with Gasteiger partial charge in [-0.2, -0.15) is 0 Å². The van der Waals surface area contributed by atoms with Crippen LogP contribution in [-0.4, -0.2) is 71.0 Å². The molecule has 10 nitrogen and oxygen atoms in total. The van der Waals surface area contributed by atoms with Crippen molar-refractivity contribution in [3.63, 3.8) is 0 Å². The van der Waals surface area contributed by atoms with Crippen LogP contribution < -0.4 is 16.2 Å². The summed E-state index contributed by atoms with van der Waals surface area (Å²) in [5.41, 5.74) is 1.42. The van der Waals surface area contributed by atoms with Crippen molar-refractivity contribution in [2.24, 2.45) is 0 Å². The average Bonchev–Trinajstić information content (AvgIpc) is 3.34. The maximum Gasteiger partial charge on any atom is 0.494 e. The van der Waals surface area contributed by atoms with E-state index in [-0.39, 0.29) is 12.1 Å². The van der Waals surface area contributed by atoms with E-state index in [9.17, 15) is 9.59 Å². The number of carbonyl (C=O) groups is 2. The highest BCUT2D eigenvalue weighted by atomic mass is 16.7. The summed E-state index contributed by atoms with van der Waals surface area (Å²) in [5.74, 6) is 0. The van der Waals surface area contributed by atoms with E-state index >= 15 is 0 Å². The van der Waals surface area contributed by atoms with Gasteiger partial charge in [0, 0.05) is 19.1 Å². The highest BCUT2D eigenvalue weighted by Crippen LogP contribution is 2.43. The van der Waals surface area contributed by atoms with Crippen molar-refractivity contribution in [2.75, 3.05) is 0 Å². The Morgan fingerprint density at radius 3 is 1.88 bits per heavy atom. The van der Waals surface area contributed by atoms with Crippen LogP contribution in [0.5, 0.6) is 0 Å². The predicted molar refractivity (Wildman–Crippen MR) is 196 cm³/mol. The molecule has 5 rings (SSSR count). The maximum absolute atomic E-state index is 13.8. The minimum Gasteiger partial charge on any atom is -0.444 e. The first-order valence-electron chi connectivity index (χ1n) is 17.8. The van der Waals surface area contributed by atoms with Crippen LogP contribution in [0.15, 0.2) is 42.5 Å². The van der Waals surface area contributed by atoms with E-state index in [1.807, 2.05) is 112 Å². The van der Waals surface area contributed by atoms with Gasteiger partial charge in [0.1, 0.15) is 11.2 Å². The Bertz CT molecular complexity index is 1560. The zero-order chi connectivity index (χ0) is 37.1. The van der Waals surface area contributed by atoms with Crippen molar-refractivity contribution < 1.29 is 37.7 Å². The van der Waals surface area contributed by atoms with Gasteiger partial charge >= 0.3 is 26.4 Å². The summed E-state index contributed by atoms with van der Waals surface area (Å²) in [6.45, 7) is 26.2. The molecule has 12 heteroatoms. The van der Waals surface area contributed by atoms with E-state index < -0.39 is 53.9 Å². The van der Waals surface area contributed by atoms with Gasteiger partial charge in [-0.1, -0.05) is 42.5 Å². The maximum atomic E-state index is 13.8. The second-order valence-electron chi connectivity index (χ2n) is 17.7. The van der Waals surface area contributed by atoms with Crippen LogP contribution in [0.25, 0.3) is 0 Å². The van der Waals surface area contributed by atoms with E-state index in [1.165, 1.54) is 5.56 Å². The second kappa shape index (κ2) is 13.2. The molecule has 50 heavy (non-hydrogen) atoms. The molecule has 0 aliphatic carbocycles. The molecule has 3 aliphatic rings. The summed E-state index contributed by atoms with van der Waals surface area (Å²) < 4.78 is 37.3. The molecule has 0 aromatic heterocycles. The smallest absolute Gasteiger partial charge is 0.444 e. The fourth-order valence-corrected chi connectivity index (χ4v) is 6.47. The van der Waals surface area contributed by atoms with Gasteiger partial charge in [-0.3, -0.25) is 0 Å². The fraction of sp³-hybridized carbons (Fsp3) is 0.632. The van der Waals surface area contributed by atoms with E-state index in [0.717, 1.165) is 22.1 Å². The van der Waals surface area contributed by atoms with Crippen LogP contribution in [0, 0.1) is 0 Å². The second-order valence-corrected chi connectivity index (χ2v) is 17.7. The Labute approximate surface area is 299 Å². The summed E-state index contributed by atoms with van der Waals surface area (Å²) in [5, 5.41) is 2.80. The van der Waals surface area contributed by atoms with Crippen molar-refractivity contribution in [2.45, 2.75) is 156 Å². The van der Waals surface area contributed by atoms with Gasteiger partial charge in [0.25, 0.3) is 0 Å². The number of rotatable bonds is 6. The third-order valence-corrected chi connectivity index (χ3v) is 10.4. The molecule has 3 aliphatic heterocycles. The molecule has 2 unspecified atom stereocenters. The summed E-state index contributed by atoms with van der Waals surface area (Å²) >= 11 is 0. The van der Waals surface area contributed by atoms with Crippen LogP contribution in [0.1, 0.15) is 113 Å². The molecule has 2 aromatic carbocycles. The molecule has 3 heterocycles. The normalized spacial score (nSPS) is 24.2. The van der Waals surface area contributed by atoms with Crippen molar-refractivity contribution in [1.82, 2.24) is 10.2 Å². The van der Waals surface area contributed by atoms with Gasteiger partial charge in [0.05, 0.1) is 22.4 Å². The van der Waals surface area contributed by atoms with Crippen molar-refractivity contribution in [1.29, 1.82) is 0 Å². The Morgan fingerprint density at radius 2 is 1.30 bits per heavy atom. The van der Waals surface area contributed by atoms with E-state index in [2.05, 4.69) is 30.4 Å². The van der Waals surface area contributed by atoms with Gasteiger partial charge < -0.3 is 38.3 Å². The number of hydrogen-bond acceptors (Lipinski definition) is 8. The third kappa shape index (κ3) is 8.35. The van der Waals surface area contributed by atoms with E-state index in [0.29, 0.717) is 25.9 Å². The Hall–Kier alpha value is -3.05. The van der Waals surface area contributed by atoms with Gasteiger partial charge in [0.15, 0.2) is 0 Å². The topological polar surface area (TPSA) is 105 Å². The lowest BCUT2D eigenvalue weighted by Gasteiger charge is -2.44. The number of carbonyl (C=O) groups excluding carboxylic acids is 2. The lowest BCUT2D eigenvalue weighted by molar-refractivity contribution is -0.0424. The first-order valence-corrected chi connectivity index (χ1v) is 17.8. The molecule has 2 atom stereocenters. The summed E-state index contributed by atoms with van der Waals surface area (Å²) in [4.78, 5) is 27.8. The minimum absolute atomic E-state index is 0.201. The number of nitrogens with zero attached hydrogens (tertiary/aromatic N) is 1. The zero-order valence-corrected chi connectivity index (χ0v) is 32.3.